The van der Waals surface area contributed by atoms with Gasteiger partial charge in [0.25, 0.3) is 0 Å². The molecule has 0 aromatic rings. The van der Waals surface area contributed by atoms with E-state index in [4.69, 9.17) is 20.3 Å². The molecule has 0 spiro atoms. The lowest BCUT2D eigenvalue weighted by Crippen LogP contribution is -2.34. The minimum atomic E-state index is -4.52. The van der Waals surface area contributed by atoms with Gasteiger partial charge in [0, 0.05) is 7.11 Å². The number of hydrogen-bond donors (Lipinski definition) is 4. The molecule has 10 nitrogen and oxygen atoms in total. The molecule has 0 aliphatic heterocycles. The molecule has 0 saturated heterocycles. The number of carboxylic acid groups (broad SMARTS) is 1. The lowest BCUT2D eigenvalue weighted by atomic mass is 10.1. The fraction of sp³-hybridized carbons (Fsp3) is 0.864. The molecule has 0 amide bonds. The molecular weight excluding hydrogens is 453 g/mol. The minimum absolute atomic E-state index is 0.116. The molecule has 0 aliphatic rings. The number of allylic oxidation sites excluding steroid dienone is 2. The van der Waals surface area contributed by atoms with E-state index in [1.807, 2.05) is 0 Å². The lowest BCUT2D eigenvalue weighted by Gasteiger charge is -2.18. The molecule has 0 fully saturated rings. The molecule has 0 aromatic heterocycles. The van der Waals surface area contributed by atoms with Crippen molar-refractivity contribution in [2.45, 2.75) is 89.4 Å². The van der Waals surface area contributed by atoms with E-state index in [-0.39, 0.29) is 19.3 Å². The number of hydrogen-bond acceptors (Lipinski definition) is 8. The van der Waals surface area contributed by atoms with Crippen molar-refractivity contribution in [1.29, 1.82) is 0 Å². The molecule has 0 radical (unpaired) electrons. The second kappa shape index (κ2) is 20.5. The Bertz CT molecular complexity index is 562. The number of carboxylic acids is 1. The first-order chi connectivity index (χ1) is 15.7. The van der Waals surface area contributed by atoms with Gasteiger partial charge in [-0.3, -0.25) is 13.8 Å². The van der Waals surface area contributed by atoms with Crippen molar-refractivity contribution in [2.24, 2.45) is 5.73 Å². The summed E-state index contributed by atoms with van der Waals surface area (Å²) >= 11 is 0. The minimum Gasteiger partial charge on any atom is -0.480 e. The molecule has 0 saturated carbocycles. The lowest BCUT2D eigenvalue weighted by molar-refractivity contribution is -0.139. The van der Waals surface area contributed by atoms with Gasteiger partial charge in [-0.1, -0.05) is 51.2 Å². The maximum absolute atomic E-state index is 11.6. The van der Waals surface area contributed by atoms with E-state index in [1.165, 1.54) is 38.5 Å². The predicted octanol–water partition coefficient (Wildman–Crippen LogP) is 3.40. The summed E-state index contributed by atoms with van der Waals surface area (Å²) in [7, 11) is -2.92. The van der Waals surface area contributed by atoms with E-state index in [9.17, 15) is 19.4 Å². The van der Waals surface area contributed by atoms with Gasteiger partial charge in [0.15, 0.2) is 0 Å². The van der Waals surface area contributed by atoms with Crippen LogP contribution in [0.15, 0.2) is 12.2 Å². The third-order valence-electron chi connectivity index (χ3n) is 4.90. The summed E-state index contributed by atoms with van der Waals surface area (Å²) in [5, 5.41) is 18.4. The van der Waals surface area contributed by atoms with Gasteiger partial charge in [0.1, 0.15) is 12.1 Å². The molecule has 4 atom stereocenters. The van der Waals surface area contributed by atoms with Gasteiger partial charge in [0.05, 0.1) is 32.5 Å². The van der Waals surface area contributed by atoms with Gasteiger partial charge >= 0.3 is 13.8 Å². The van der Waals surface area contributed by atoms with Gasteiger partial charge in [-0.15, -0.1) is 0 Å². The van der Waals surface area contributed by atoms with Crippen molar-refractivity contribution in [3.63, 3.8) is 0 Å². The third kappa shape index (κ3) is 20.3. The average Bonchev–Trinajstić information content (AvgIpc) is 2.78. The number of nitrogens with two attached hydrogens (primary N) is 1. The zero-order valence-electron chi connectivity index (χ0n) is 20.1. The Morgan fingerprint density at radius 3 is 2.21 bits per heavy atom. The molecule has 5 N–H and O–H groups in total. The summed E-state index contributed by atoms with van der Waals surface area (Å²) in [4.78, 5) is 20.0. The first kappa shape index (κ1) is 32.2. The molecule has 33 heavy (non-hydrogen) atoms. The molecule has 2 unspecified atom stereocenters. The van der Waals surface area contributed by atoms with Crippen molar-refractivity contribution >= 4 is 13.8 Å². The van der Waals surface area contributed by atoms with E-state index >= 15 is 0 Å². The van der Waals surface area contributed by atoms with Crippen LogP contribution in [0.25, 0.3) is 0 Å². The second-order valence-electron chi connectivity index (χ2n) is 8.01. The first-order valence-corrected chi connectivity index (χ1v) is 13.2. The molecular formula is C22H44NO9P. The highest BCUT2D eigenvalue weighted by atomic mass is 31.2. The monoisotopic (exact) mass is 497 g/mol. The Morgan fingerprint density at radius 2 is 1.58 bits per heavy atom. The van der Waals surface area contributed by atoms with Crippen molar-refractivity contribution in [3.8, 4) is 0 Å². The molecule has 0 bridgehead atoms. The van der Waals surface area contributed by atoms with Crippen LogP contribution in [0, 0.1) is 0 Å². The van der Waals surface area contributed by atoms with E-state index in [1.54, 1.807) is 7.11 Å². The van der Waals surface area contributed by atoms with Gasteiger partial charge < -0.3 is 30.3 Å². The number of carbonyl (C=O) groups is 1. The third-order valence-corrected chi connectivity index (χ3v) is 5.85. The normalized spacial score (nSPS) is 16.5. The summed E-state index contributed by atoms with van der Waals surface area (Å²) in [5.74, 6) is -1.37. The number of ether oxygens (including phenoxy) is 2. The van der Waals surface area contributed by atoms with Gasteiger partial charge in [-0.2, -0.15) is 0 Å². The van der Waals surface area contributed by atoms with Crippen LogP contribution in [-0.4, -0.2) is 72.9 Å². The maximum atomic E-state index is 11.6. The van der Waals surface area contributed by atoms with Crippen molar-refractivity contribution in [2.75, 3.05) is 33.5 Å². The summed E-state index contributed by atoms with van der Waals surface area (Å²) in [6, 6.07) is -1.45. The number of phosphoric ester groups is 1. The average molecular weight is 498 g/mol. The van der Waals surface area contributed by atoms with Gasteiger partial charge in [-0.25, -0.2) is 4.57 Å². The molecule has 0 aromatic carbocycles. The van der Waals surface area contributed by atoms with E-state index in [0.29, 0.717) is 0 Å². The first-order valence-electron chi connectivity index (χ1n) is 11.8. The summed E-state index contributed by atoms with van der Waals surface area (Å²) in [5.41, 5.74) is 5.18. The quantitative estimate of drug-likeness (QED) is 0.0936. The van der Waals surface area contributed by atoms with Crippen LogP contribution in [0.2, 0.25) is 0 Å². The smallest absolute Gasteiger partial charge is 0.472 e. The largest absolute Gasteiger partial charge is 0.480 e. The van der Waals surface area contributed by atoms with Crippen molar-refractivity contribution < 1.29 is 43.0 Å². The number of unbranched alkanes of at least 4 members (excludes halogenated alkanes) is 7. The molecule has 11 heteroatoms. The van der Waals surface area contributed by atoms with Crippen LogP contribution >= 0.6 is 7.82 Å². The van der Waals surface area contributed by atoms with Crippen LogP contribution in [0.5, 0.6) is 0 Å². The van der Waals surface area contributed by atoms with Crippen LogP contribution in [0.1, 0.15) is 71.1 Å². The topological polar surface area (TPSA) is 158 Å². The number of rotatable bonds is 23. The Labute approximate surface area is 198 Å². The van der Waals surface area contributed by atoms with E-state index in [0.717, 1.165) is 25.7 Å². The SMILES string of the molecule is CCCCCCCC/C=C\CCCC(COC[C@@H](O)COP(=O)(O)OC[C@H](N)C(=O)O)OC. The van der Waals surface area contributed by atoms with Gasteiger partial charge in [0.2, 0.25) is 0 Å². The zero-order valence-corrected chi connectivity index (χ0v) is 21.0. The number of aliphatic carboxylic acids is 1. The molecule has 196 valence electrons. The summed E-state index contributed by atoms with van der Waals surface area (Å²) < 4.78 is 31.5. The fourth-order valence-electron chi connectivity index (χ4n) is 2.86. The second-order valence-corrected chi connectivity index (χ2v) is 9.47. The predicted molar refractivity (Wildman–Crippen MR) is 126 cm³/mol. The Hall–Kier alpha value is -0.840. The Balaban J connectivity index is 3.84. The Morgan fingerprint density at radius 1 is 0.970 bits per heavy atom. The van der Waals surface area contributed by atoms with Crippen LogP contribution in [0.3, 0.4) is 0 Å². The van der Waals surface area contributed by atoms with Crippen LogP contribution in [-0.2, 0) is 27.9 Å². The number of phosphoric acid groups is 1. The van der Waals surface area contributed by atoms with E-state index in [2.05, 4.69) is 28.1 Å². The van der Waals surface area contributed by atoms with Crippen LogP contribution in [0.4, 0.5) is 0 Å². The van der Waals surface area contributed by atoms with Crippen molar-refractivity contribution in [1.82, 2.24) is 0 Å². The highest BCUT2D eigenvalue weighted by Crippen LogP contribution is 2.43. The fourth-order valence-corrected chi connectivity index (χ4v) is 3.64. The Kier molecular flexibility index (Phi) is 20.0. The molecule has 0 aliphatic carbocycles. The zero-order chi connectivity index (χ0) is 25.0. The van der Waals surface area contributed by atoms with E-state index < -0.39 is 39.2 Å². The summed E-state index contributed by atoms with van der Waals surface area (Å²) in [6.07, 6.45) is 14.9. The maximum Gasteiger partial charge on any atom is 0.472 e. The molecule has 0 rings (SSSR count). The summed E-state index contributed by atoms with van der Waals surface area (Å²) in [6.45, 7) is 1.17. The molecule has 0 heterocycles. The van der Waals surface area contributed by atoms with Crippen molar-refractivity contribution in [3.05, 3.63) is 12.2 Å². The number of methoxy groups -OCH3 is 1. The standard InChI is InChI=1S/C22H44NO9P/c1-3-4-5-6-7-8-9-10-11-12-13-14-20(29-2)17-30-15-19(24)16-31-33(27,28)32-18-21(23)22(25)26/h10-11,19-21,24H,3-9,12-18,23H2,1-2H3,(H,25,26)(H,27,28)/b11-10-/t19-,20?,21+/m1/s1. The highest BCUT2D eigenvalue weighted by molar-refractivity contribution is 7.47. The highest BCUT2D eigenvalue weighted by Gasteiger charge is 2.25. The number of aliphatic hydroxyl groups excluding tert-OH is 1. The van der Waals surface area contributed by atoms with Crippen LogP contribution < -0.4 is 5.73 Å². The number of aliphatic hydroxyl groups is 1. The van der Waals surface area contributed by atoms with Gasteiger partial charge in [-0.05, 0) is 32.1 Å².